The van der Waals surface area contributed by atoms with Crippen molar-refractivity contribution in [1.29, 1.82) is 0 Å². The third-order valence-electron chi connectivity index (χ3n) is 5.33. The number of methoxy groups -OCH3 is 1. The van der Waals surface area contributed by atoms with Crippen LogP contribution in [0.2, 0.25) is 0 Å². The topological polar surface area (TPSA) is 25.4 Å². The number of halogens is 1. The van der Waals surface area contributed by atoms with Gasteiger partial charge < -0.3 is 4.74 Å². The molecule has 4 rings (SSSR count). The van der Waals surface area contributed by atoms with Crippen molar-refractivity contribution in [3.63, 3.8) is 0 Å². The quantitative estimate of drug-likeness (QED) is 0.757. The van der Waals surface area contributed by atoms with Gasteiger partial charge in [-0.3, -0.25) is 9.88 Å². The van der Waals surface area contributed by atoms with Crippen LogP contribution in [0.5, 0.6) is 5.75 Å². The summed E-state index contributed by atoms with van der Waals surface area (Å²) in [6, 6.07) is 8.34. The van der Waals surface area contributed by atoms with Crippen molar-refractivity contribution in [3.05, 3.63) is 41.3 Å². The van der Waals surface area contributed by atoms with Crippen LogP contribution in [-0.4, -0.2) is 36.1 Å². The van der Waals surface area contributed by atoms with Gasteiger partial charge in [-0.15, -0.1) is 0 Å². The van der Waals surface area contributed by atoms with E-state index in [2.05, 4.69) is 9.88 Å². The average Bonchev–Trinajstić information content (AvgIpc) is 2.89. The summed E-state index contributed by atoms with van der Waals surface area (Å²) in [5, 5.41) is 0.946. The van der Waals surface area contributed by atoms with Crippen molar-refractivity contribution in [3.8, 4) is 5.75 Å². The molecule has 2 aliphatic heterocycles. The van der Waals surface area contributed by atoms with Crippen LogP contribution in [0.25, 0.3) is 16.5 Å². The van der Waals surface area contributed by atoms with E-state index in [0.29, 0.717) is 6.04 Å². The van der Waals surface area contributed by atoms with Crippen molar-refractivity contribution >= 4 is 16.5 Å². The molecule has 2 bridgehead atoms. The first-order valence-electron chi connectivity index (χ1n) is 9.14. The summed E-state index contributed by atoms with van der Waals surface area (Å²) in [5.41, 5.74) is 3.64. The number of fused-ring (bicyclic) bond motifs is 3. The van der Waals surface area contributed by atoms with Gasteiger partial charge in [-0.2, -0.15) is 0 Å². The number of likely N-dealkylation sites (N-methyl/N-ethyl adjacent to an activating group) is 1. The lowest BCUT2D eigenvalue weighted by atomic mass is 9.93. The minimum Gasteiger partial charge on any atom is -0.496 e. The lowest BCUT2D eigenvalue weighted by molar-refractivity contribution is 0.230. The highest BCUT2D eigenvalue weighted by molar-refractivity contribution is 5.89. The molecule has 0 amide bonds. The number of hydrogen-bond donors (Lipinski definition) is 0. The Bertz CT molecular complexity index is 815. The van der Waals surface area contributed by atoms with Gasteiger partial charge in [0, 0.05) is 23.2 Å². The second-order valence-corrected chi connectivity index (χ2v) is 6.64. The van der Waals surface area contributed by atoms with Gasteiger partial charge >= 0.3 is 0 Å². The lowest BCUT2D eigenvalue weighted by Gasteiger charge is -2.32. The van der Waals surface area contributed by atoms with E-state index in [1.807, 2.05) is 52.1 Å². The molecule has 1 saturated heterocycles. The fraction of sp³-hybridized carbons (Fsp3) is 0.476. The molecular weight excluding hydrogens is 315 g/mol. The Hall–Kier alpha value is -1.94. The maximum absolute atomic E-state index is 14.9. The number of benzene rings is 1. The SMILES string of the molecule is CC.COc1cc(C)nc2ccc(C3=C(F)C4CC[C@H](C3)N4C)cc12. The largest absolute Gasteiger partial charge is 0.496 e. The fourth-order valence-electron chi connectivity index (χ4n) is 4.03. The molecule has 0 radical (unpaired) electrons. The Morgan fingerprint density at radius 1 is 1.20 bits per heavy atom. The second kappa shape index (κ2) is 7.12. The second-order valence-electron chi connectivity index (χ2n) is 6.64. The van der Waals surface area contributed by atoms with Crippen LogP contribution >= 0.6 is 0 Å². The minimum absolute atomic E-state index is 0.0413. The Balaban J connectivity index is 0.000000880. The minimum atomic E-state index is -0.0440. The van der Waals surface area contributed by atoms with Gasteiger partial charge in [0.05, 0.1) is 18.7 Å². The highest BCUT2D eigenvalue weighted by atomic mass is 19.1. The van der Waals surface area contributed by atoms with E-state index in [0.717, 1.165) is 52.7 Å². The van der Waals surface area contributed by atoms with E-state index >= 15 is 0 Å². The molecule has 134 valence electrons. The van der Waals surface area contributed by atoms with Crippen molar-refractivity contribution in [1.82, 2.24) is 9.88 Å². The number of ether oxygens (including phenoxy) is 1. The van der Waals surface area contributed by atoms with Crippen molar-refractivity contribution < 1.29 is 9.13 Å². The molecule has 25 heavy (non-hydrogen) atoms. The van der Waals surface area contributed by atoms with Crippen LogP contribution in [0.4, 0.5) is 4.39 Å². The molecule has 2 aromatic rings. The molecule has 2 atom stereocenters. The van der Waals surface area contributed by atoms with Crippen LogP contribution < -0.4 is 4.74 Å². The maximum atomic E-state index is 14.9. The van der Waals surface area contributed by atoms with Crippen LogP contribution in [-0.2, 0) is 0 Å². The molecule has 1 aromatic heterocycles. The van der Waals surface area contributed by atoms with E-state index < -0.39 is 0 Å². The average molecular weight is 342 g/mol. The zero-order chi connectivity index (χ0) is 18.1. The summed E-state index contributed by atoms with van der Waals surface area (Å²) in [5.74, 6) is 0.839. The molecule has 3 heterocycles. The zero-order valence-corrected chi connectivity index (χ0v) is 15.8. The molecule has 3 nitrogen and oxygen atoms in total. The summed E-state index contributed by atoms with van der Waals surface area (Å²) in [6.07, 6.45) is 2.79. The van der Waals surface area contributed by atoms with Crippen LogP contribution in [0.1, 0.15) is 44.4 Å². The monoisotopic (exact) mass is 342 g/mol. The molecule has 0 saturated carbocycles. The number of pyridine rings is 1. The van der Waals surface area contributed by atoms with E-state index in [9.17, 15) is 4.39 Å². The normalized spacial score (nSPS) is 22.8. The van der Waals surface area contributed by atoms with Crippen molar-refractivity contribution in [2.75, 3.05) is 14.2 Å². The van der Waals surface area contributed by atoms with E-state index in [-0.39, 0.29) is 11.9 Å². The first-order chi connectivity index (χ1) is 12.1. The van der Waals surface area contributed by atoms with Crippen LogP contribution in [0, 0.1) is 6.92 Å². The van der Waals surface area contributed by atoms with Gasteiger partial charge in [-0.25, -0.2) is 4.39 Å². The summed E-state index contributed by atoms with van der Waals surface area (Å²) in [7, 11) is 3.70. The van der Waals surface area contributed by atoms with Gasteiger partial charge in [0.2, 0.25) is 0 Å². The van der Waals surface area contributed by atoms with E-state index in [1.54, 1.807) is 7.11 Å². The number of rotatable bonds is 2. The van der Waals surface area contributed by atoms with Crippen molar-refractivity contribution in [2.45, 2.75) is 52.1 Å². The number of nitrogens with zero attached hydrogens (tertiary/aromatic N) is 2. The van der Waals surface area contributed by atoms with Gasteiger partial charge in [0.25, 0.3) is 0 Å². The fourth-order valence-corrected chi connectivity index (χ4v) is 4.03. The molecule has 1 unspecified atom stereocenters. The van der Waals surface area contributed by atoms with Crippen molar-refractivity contribution in [2.24, 2.45) is 0 Å². The predicted molar refractivity (Wildman–Crippen MR) is 102 cm³/mol. The third-order valence-corrected chi connectivity index (χ3v) is 5.33. The van der Waals surface area contributed by atoms with Gasteiger partial charge in [0.15, 0.2) is 0 Å². The highest BCUT2D eigenvalue weighted by Gasteiger charge is 2.39. The third kappa shape index (κ3) is 3.04. The lowest BCUT2D eigenvalue weighted by Crippen LogP contribution is -2.36. The number of aromatic nitrogens is 1. The Labute approximate surface area is 149 Å². The number of aryl methyl sites for hydroxylation is 1. The van der Waals surface area contributed by atoms with Gasteiger partial charge in [-0.1, -0.05) is 19.9 Å². The first-order valence-corrected chi connectivity index (χ1v) is 9.14. The molecule has 1 fully saturated rings. The van der Waals surface area contributed by atoms with E-state index in [4.69, 9.17) is 4.74 Å². The molecular formula is C21H27FN2O. The predicted octanol–water partition coefficient (Wildman–Crippen LogP) is 5.13. The van der Waals surface area contributed by atoms with Crippen LogP contribution in [0.15, 0.2) is 30.1 Å². The van der Waals surface area contributed by atoms with Crippen LogP contribution in [0.3, 0.4) is 0 Å². The summed E-state index contributed by atoms with van der Waals surface area (Å²) >= 11 is 0. The maximum Gasteiger partial charge on any atom is 0.130 e. The molecule has 2 aliphatic rings. The molecule has 1 aromatic carbocycles. The molecule has 0 spiro atoms. The summed E-state index contributed by atoms with van der Waals surface area (Å²) < 4.78 is 20.4. The van der Waals surface area contributed by atoms with Gasteiger partial charge in [0.1, 0.15) is 11.6 Å². The highest BCUT2D eigenvalue weighted by Crippen LogP contribution is 2.43. The van der Waals surface area contributed by atoms with E-state index in [1.165, 1.54) is 0 Å². The standard InChI is InChI=1S/C19H21FN2O.C2H6/c1-11-8-18(23-3)15-9-12(4-6-16(15)21-11)14-10-13-5-7-17(19(14)20)22(13)2;1-2/h4,6,8-9,13,17H,5,7,10H2,1-3H3;1-2H3/t13-,17?;/m1./s1. The Morgan fingerprint density at radius 2 is 1.96 bits per heavy atom. The summed E-state index contributed by atoms with van der Waals surface area (Å²) in [6.45, 7) is 5.95. The molecule has 0 aliphatic carbocycles. The molecule has 4 heteroatoms. The molecule has 0 N–H and O–H groups in total. The smallest absolute Gasteiger partial charge is 0.130 e. The Morgan fingerprint density at radius 3 is 2.68 bits per heavy atom. The first kappa shape index (κ1) is 17.9. The Kier molecular flexibility index (Phi) is 5.09. The van der Waals surface area contributed by atoms with Gasteiger partial charge in [-0.05, 0) is 56.5 Å². The number of hydrogen-bond acceptors (Lipinski definition) is 3. The summed E-state index contributed by atoms with van der Waals surface area (Å²) in [4.78, 5) is 6.73. The zero-order valence-electron chi connectivity index (χ0n) is 15.8.